The van der Waals surface area contributed by atoms with Crippen LogP contribution < -0.4 is 5.32 Å². The number of carbonyl (C=O) groups excluding carboxylic acids is 1. The maximum atomic E-state index is 13.3. The van der Waals surface area contributed by atoms with E-state index < -0.39 is 11.6 Å². The van der Waals surface area contributed by atoms with Gasteiger partial charge in [0.25, 0.3) is 0 Å². The fourth-order valence-corrected chi connectivity index (χ4v) is 2.86. The summed E-state index contributed by atoms with van der Waals surface area (Å²) in [4.78, 5) is 17.1. The fraction of sp³-hybridized carbons (Fsp3) is 0.375. The number of nitrogens with zero attached hydrogens (tertiary/aromatic N) is 1. The third-order valence-corrected chi connectivity index (χ3v) is 3.81. The van der Waals surface area contributed by atoms with Gasteiger partial charge in [0.15, 0.2) is 16.8 Å². The van der Waals surface area contributed by atoms with Gasteiger partial charge in [0.05, 0.1) is 5.69 Å². The molecule has 0 unspecified atom stereocenters. The third-order valence-electron chi connectivity index (χ3n) is 2.93. The molecule has 1 heterocycles. The van der Waals surface area contributed by atoms with Crippen LogP contribution in [0.5, 0.6) is 0 Å². The van der Waals surface area contributed by atoms with Crippen LogP contribution in [0.25, 0.3) is 11.3 Å². The second-order valence-electron chi connectivity index (χ2n) is 6.34. The molecule has 2 aromatic rings. The summed E-state index contributed by atoms with van der Waals surface area (Å²) in [5.41, 5.74) is 0.929. The average Bonchev–Trinajstić information content (AvgIpc) is 2.71. The van der Waals surface area contributed by atoms with E-state index in [1.54, 1.807) is 0 Å². The van der Waals surface area contributed by atoms with Gasteiger partial charge in [-0.15, -0.1) is 11.3 Å². The van der Waals surface area contributed by atoms with Crippen molar-refractivity contribution in [2.24, 2.45) is 5.41 Å². The van der Waals surface area contributed by atoms with Gasteiger partial charge >= 0.3 is 0 Å². The molecule has 1 amide bonds. The van der Waals surface area contributed by atoms with E-state index in [0.717, 1.165) is 17.0 Å². The Kier molecular flexibility index (Phi) is 4.60. The molecule has 0 bridgehead atoms. The molecule has 0 aliphatic heterocycles. The molecule has 2 rings (SSSR count). The Bertz CT molecular complexity index is 705. The van der Waals surface area contributed by atoms with Crippen LogP contribution in [0.4, 0.5) is 13.9 Å². The summed E-state index contributed by atoms with van der Waals surface area (Å²) >= 11 is 1.31. The zero-order valence-corrected chi connectivity index (χ0v) is 13.8. The Morgan fingerprint density at radius 1 is 1.27 bits per heavy atom. The normalized spacial score (nSPS) is 11.5. The highest BCUT2D eigenvalue weighted by atomic mass is 32.1. The van der Waals surface area contributed by atoms with Gasteiger partial charge in [-0.1, -0.05) is 20.8 Å². The molecule has 1 N–H and O–H groups in total. The monoisotopic (exact) mass is 324 g/mol. The summed E-state index contributed by atoms with van der Waals surface area (Å²) in [6.07, 6.45) is 0.381. The minimum absolute atomic E-state index is 0.112. The van der Waals surface area contributed by atoms with E-state index in [4.69, 9.17) is 0 Å². The first-order valence-electron chi connectivity index (χ1n) is 6.88. The summed E-state index contributed by atoms with van der Waals surface area (Å²) in [7, 11) is 0. The van der Waals surface area contributed by atoms with Crippen LogP contribution in [0.15, 0.2) is 18.2 Å². The standard InChI is InChI=1S/C16H18F2N2OS/c1-9-14(10-5-6-11(17)12(18)7-10)20-15(22-9)19-13(21)8-16(2,3)4/h5-7H,8H2,1-4H3,(H,19,20,21). The van der Waals surface area contributed by atoms with E-state index >= 15 is 0 Å². The Morgan fingerprint density at radius 3 is 2.55 bits per heavy atom. The first-order chi connectivity index (χ1) is 10.2. The van der Waals surface area contributed by atoms with Crippen molar-refractivity contribution in [1.29, 1.82) is 0 Å². The van der Waals surface area contributed by atoms with Crippen molar-refractivity contribution < 1.29 is 13.6 Å². The fourth-order valence-electron chi connectivity index (χ4n) is 2.01. The molecule has 6 heteroatoms. The Labute approximate surface area is 132 Å². The van der Waals surface area contributed by atoms with Gasteiger partial charge in [0.1, 0.15) is 0 Å². The predicted octanol–water partition coefficient (Wildman–Crippen LogP) is 4.77. The molecule has 0 radical (unpaired) electrons. The van der Waals surface area contributed by atoms with Crippen molar-refractivity contribution in [3.63, 3.8) is 0 Å². The van der Waals surface area contributed by atoms with Crippen molar-refractivity contribution >= 4 is 22.4 Å². The summed E-state index contributed by atoms with van der Waals surface area (Å²) in [6.45, 7) is 7.76. The third kappa shape index (κ3) is 4.10. The highest BCUT2D eigenvalue weighted by molar-refractivity contribution is 7.16. The number of aryl methyl sites for hydroxylation is 1. The van der Waals surface area contributed by atoms with Crippen LogP contribution in [0, 0.1) is 24.0 Å². The highest BCUT2D eigenvalue weighted by Gasteiger charge is 2.18. The minimum Gasteiger partial charge on any atom is -0.302 e. The van der Waals surface area contributed by atoms with Gasteiger partial charge in [-0.25, -0.2) is 13.8 Å². The smallest absolute Gasteiger partial charge is 0.226 e. The Balaban J connectivity index is 2.21. The first kappa shape index (κ1) is 16.5. The van der Waals surface area contributed by atoms with E-state index in [1.807, 2.05) is 27.7 Å². The number of halogens is 2. The van der Waals surface area contributed by atoms with E-state index in [2.05, 4.69) is 10.3 Å². The van der Waals surface area contributed by atoms with Gasteiger partial charge in [0.2, 0.25) is 5.91 Å². The van der Waals surface area contributed by atoms with Crippen molar-refractivity contribution in [3.05, 3.63) is 34.7 Å². The molecule has 22 heavy (non-hydrogen) atoms. The molecule has 1 aromatic carbocycles. The zero-order chi connectivity index (χ0) is 16.5. The number of hydrogen-bond donors (Lipinski definition) is 1. The van der Waals surface area contributed by atoms with Crippen molar-refractivity contribution in [2.45, 2.75) is 34.1 Å². The molecular weight excluding hydrogens is 306 g/mol. The minimum atomic E-state index is -0.914. The second kappa shape index (κ2) is 6.12. The molecule has 0 atom stereocenters. The molecule has 0 saturated carbocycles. The Morgan fingerprint density at radius 2 is 1.95 bits per heavy atom. The molecule has 118 valence electrons. The number of anilines is 1. The number of rotatable bonds is 3. The molecule has 3 nitrogen and oxygen atoms in total. The largest absolute Gasteiger partial charge is 0.302 e. The number of hydrogen-bond acceptors (Lipinski definition) is 3. The average molecular weight is 324 g/mol. The van der Waals surface area contributed by atoms with Gasteiger partial charge in [-0.05, 0) is 30.5 Å². The number of amides is 1. The molecule has 1 aromatic heterocycles. The zero-order valence-electron chi connectivity index (χ0n) is 13.0. The van der Waals surface area contributed by atoms with E-state index in [9.17, 15) is 13.6 Å². The number of aromatic nitrogens is 1. The highest BCUT2D eigenvalue weighted by Crippen LogP contribution is 2.31. The summed E-state index contributed by atoms with van der Waals surface area (Å²) in [5.74, 6) is -1.92. The van der Waals surface area contributed by atoms with Crippen molar-refractivity contribution in [1.82, 2.24) is 4.98 Å². The van der Waals surface area contributed by atoms with Gasteiger partial charge in [0, 0.05) is 16.9 Å². The number of carbonyl (C=O) groups is 1. The first-order valence-corrected chi connectivity index (χ1v) is 7.70. The molecular formula is C16H18F2N2OS. The second-order valence-corrected chi connectivity index (χ2v) is 7.54. The number of benzene rings is 1. The predicted molar refractivity (Wildman–Crippen MR) is 84.9 cm³/mol. The van der Waals surface area contributed by atoms with E-state index in [1.165, 1.54) is 17.4 Å². The molecule has 0 fully saturated rings. The van der Waals surface area contributed by atoms with Crippen molar-refractivity contribution in [2.75, 3.05) is 5.32 Å². The maximum Gasteiger partial charge on any atom is 0.226 e. The van der Waals surface area contributed by atoms with Gasteiger partial charge < -0.3 is 5.32 Å². The van der Waals surface area contributed by atoms with Crippen LogP contribution in [0.3, 0.4) is 0 Å². The van der Waals surface area contributed by atoms with Crippen LogP contribution >= 0.6 is 11.3 Å². The molecule has 0 aliphatic carbocycles. The maximum absolute atomic E-state index is 13.3. The van der Waals surface area contributed by atoms with Gasteiger partial charge in [-0.2, -0.15) is 0 Å². The topological polar surface area (TPSA) is 42.0 Å². The lowest BCUT2D eigenvalue weighted by atomic mass is 9.92. The van der Waals surface area contributed by atoms with Crippen LogP contribution in [-0.2, 0) is 4.79 Å². The summed E-state index contributed by atoms with van der Waals surface area (Å²) < 4.78 is 26.3. The van der Waals surface area contributed by atoms with E-state index in [-0.39, 0.29) is 11.3 Å². The lowest BCUT2D eigenvalue weighted by Gasteiger charge is -2.16. The van der Waals surface area contributed by atoms with E-state index in [0.29, 0.717) is 22.8 Å². The van der Waals surface area contributed by atoms with Crippen molar-refractivity contribution in [3.8, 4) is 11.3 Å². The molecule has 0 aliphatic rings. The SMILES string of the molecule is Cc1sc(NC(=O)CC(C)(C)C)nc1-c1ccc(F)c(F)c1. The summed E-state index contributed by atoms with van der Waals surface area (Å²) in [5, 5.41) is 3.22. The molecule has 0 saturated heterocycles. The number of nitrogens with one attached hydrogen (secondary N) is 1. The lowest BCUT2D eigenvalue weighted by Crippen LogP contribution is -2.19. The van der Waals surface area contributed by atoms with Crippen LogP contribution in [-0.4, -0.2) is 10.9 Å². The van der Waals surface area contributed by atoms with Crippen LogP contribution in [0.1, 0.15) is 32.1 Å². The van der Waals surface area contributed by atoms with Crippen LogP contribution in [0.2, 0.25) is 0 Å². The number of thiazole rings is 1. The Hall–Kier alpha value is -1.82. The van der Waals surface area contributed by atoms with Gasteiger partial charge in [-0.3, -0.25) is 4.79 Å². The summed E-state index contributed by atoms with van der Waals surface area (Å²) in [6, 6.07) is 3.65. The molecule has 0 spiro atoms. The quantitative estimate of drug-likeness (QED) is 0.883. The lowest BCUT2D eigenvalue weighted by molar-refractivity contribution is -0.117.